The molecule has 2 aromatic rings. The molecule has 0 aliphatic carbocycles. The summed E-state index contributed by atoms with van der Waals surface area (Å²) in [6.45, 7) is 0. The van der Waals surface area contributed by atoms with E-state index in [1.54, 1.807) is 30.5 Å². The van der Waals surface area contributed by atoms with Crippen molar-refractivity contribution in [3.8, 4) is 17.1 Å². The summed E-state index contributed by atoms with van der Waals surface area (Å²) in [4.78, 5) is 4.08. The average Bonchev–Trinajstić information content (AvgIpc) is 2.29. The number of nitrogens with zero attached hydrogens (tertiary/aromatic N) is 2. The van der Waals surface area contributed by atoms with Crippen LogP contribution in [-0.4, -0.2) is 12.1 Å². The molecule has 4 nitrogen and oxygen atoms in total. The van der Waals surface area contributed by atoms with E-state index in [0.29, 0.717) is 26.9 Å². The summed E-state index contributed by atoms with van der Waals surface area (Å²) in [6, 6.07) is 6.88. The molecule has 0 aliphatic heterocycles. The Balaban J connectivity index is 2.58. The molecule has 0 N–H and O–H groups in total. The molecule has 2 rings (SSSR count). The van der Waals surface area contributed by atoms with Crippen LogP contribution in [0.5, 0.6) is 5.75 Å². The van der Waals surface area contributed by atoms with Gasteiger partial charge in [-0.05, 0) is 12.1 Å². The number of aromatic nitrogens is 2. The van der Waals surface area contributed by atoms with E-state index in [-0.39, 0.29) is 0 Å². The Morgan fingerprint density at radius 3 is 2.81 bits per heavy atom. The van der Waals surface area contributed by atoms with Crippen molar-refractivity contribution in [1.82, 2.24) is 4.98 Å². The predicted molar refractivity (Wildman–Crippen MR) is 60.2 cm³/mol. The van der Waals surface area contributed by atoms with E-state index in [4.69, 9.17) is 16.3 Å². The maximum Gasteiger partial charge on any atom is 0.261 e. The van der Waals surface area contributed by atoms with Crippen molar-refractivity contribution in [2.45, 2.75) is 0 Å². The molecule has 0 unspecified atom stereocenters. The molecule has 0 aromatic carbocycles. The zero-order valence-corrected chi connectivity index (χ0v) is 9.31. The van der Waals surface area contributed by atoms with E-state index in [2.05, 4.69) is 4.98 Å². The lowest BCUT2D eigenvalue weighted by atomic mass is 10.2. The fraction of sp³-hybridized carbons (Fsp3) is 0.0909. The third-order valence-corrected chi connectivity index (χ3v) is 2.39. The summed E-state index contributed by atoms with van der Waals surface area (Å²) < 4.78 is 5.60. The standard InChI is InChI=1S/C11H9ClN2O2/c1-16-8-6-9(12)11(14(15)7-8)10-4-2-3-5-13-10/h2-7H,1H3. The summed E-state index contributed by atoms with van der Waals surface area (Å²) in [5, 5.41) is 12.0. The average molecular weight is 237 g/mol. The second-order valence-corrected chi connectivity index (χ2v) is 3.52. The predicted octanol–water partition coefficient (Wildman–Crippen LogP) is 2.04. The second kappa shape index (κ2) is 4.37. The summed E-state index contributed by atoms with van der Waals surface area (Å²) in [5.74, 6) is 0.416. The summed E-state index contributed by atoms with van der Waals surface area (Å²) in [7, 11) is 1.48. The molecule has 0 amide bonds. The molecule has 0 aliphatic rings. The Bertz CT molecular complexity index is 480. The Kier molecular flexibility index (Phi) is 2.92. The third kappa shape index (κ3) is 1.92. The highest BCUT2D eigenvalue weighted by atomic mass is 35.5. The minimum atomic E-state index is 0.313. The molecule has 0 atom stereocenters. The van der Waals surface area contributed by atoms with E-state index in [1.807, 2.05) is 0 Å². The third-order valence-electron chi connectivity index (χ3n) is 2.10. The van der Waals surface area contributed by atoms with Gasteiger partial charge in [0.15, 0.2) is 5.75 Å². The fourth-order valence-electron chi connectivity index (χ4n) is 1.37. The van der Waals surface area contributed by atoms with Crippen LogP contribution in [0.15, 0.2) is 36.7 Å². The van der Waals surface area contributed by atoms with E-state index < -0.39 is 0 Å². The minimum absolute atomic E-state index is 0.313. The molecule has 0 spiro atoms. The number of halogens is 1. The lowest BCUT2D eigenvalue weighted by molar-refractivity contribution is -0.594. The van der Waals surface area contributed by atoms with Crippen molar-refractivity contribution in [1.29, 1.82) is 0 Å². The fourth-order valence-corrected chi connectivity index (χ4v) is 1.65. The smallest absolute Gasteiger partial charge is 0.261 e. The molecule has 16 heavy (non-hydrogen) atoms. The lowest BCUT2D eigenvalue weighted by Gasteiger charge is -2.07. The lowest BCUT2D eigenvalue weighted by Crippen LogP contribution is -2.29. The normalized spacial score (nSPS) is 10.1. The number of ether oxygens (including phenoxy) is 1. The zero-order chi connectivity index (χ0) is 11.5. The molecule has 0 fully saturated rings. The van der Waals surface area contributed by atoms with Crippen LogP contribution in [0.25, 0.3) is 11.4 Å². The van der Waals surface area contributed by atoms with E-state index in [1.165, 1.54) is 13.3 Å². The number of rotatable bonds is 2. The van der Waals surface area contributed by atoms with Crippen molar-refractivity contribution >= 4 is 11.6 Å². The molecule has 0 saturated heterocycles. The van der Waals surface area contributed by atoms with Gasteiger partial charge < -0.3 is 9.94 Å². The van der Waals surface area contributed by atoms with Crippen LogP contribution in [0.1, 0.15) is 0 Å². The van der Waals surface area contributed by atoms with Gasteiger partial charge in [-0.2, -0.15) is 4.73 Å². The Morgan fingerprint density at radius 2 is 2.25 bits per heavy atom. The zero-order valence-electron chi connectivity index (χ0n) is 8.55. The largest absolute Gasteiger partial charge is 0.618 e. The van der Waals surface area contributed by atoms with Gasteiger partial charge in [-0.1, -0.05) is 17.7 Å². The maximum absolute atomic E-state index is 11.7. The van der Waals surface area contributed by atoms with Gasteiger partial charge in [-0.15, -0.1) is 0 Å². The summed E-state index contributed by atoms with van der Waals surface area (Å²) in [5.41, 5.74) is 0.855. The molecule has 82 valence electrons. The highest BCUT2D eigenvalue weighted by Gasteiger charge is 2.17. The monoisotopic (exact) mass is 236 g/mol. The van der Waals surface area contributed by atoms with E-state index in [0.717, 1.165) is 0 Å². The molecule has 0 bridgehead atoms. The van der Waals surface area contributed by atoms with Crippen LogP contribution in [-0.2, 0) is 0 Å². The van der Waals surface area contributed by atoms with Crippen LogP contribution in [0, 0.1) is 5.21 Å². The molecule has 0 radical (unpaired) electrons. The number of pyridine rings is 2. The van der Waals surface area contributed by atoms with Crippen LogP contribution in [0.2, 0.25) is 5.02 Å². The molecule has 2 heterocycles. The van der Waals surface area contributed by atoms with Gasteiger partial charge in [0.1, 0.15) is 10.7 Å². The second-order valence-electron chi connectivity index (χ2n) is 3.12. The molecular formula is C11H9ClN2O2. The first-order valence-corrected chi connectivity index (χ1v) is 4.98. The first-order valence-electron chi connectivity index (χ1n) is 4.60. The van der Waals surface area contributed by atoms with Gasteiger partial charge in [0.05, 0.1) is 7.11 Å². The molecular weight excluding hydrogens is 228 g/mol. The van der Waals surface area contributed by atoms with Gasteiger partial charge >= 0.3 is 0 Å². The quantitative estimate of drug-likeness (QED) is 0.592. The van der Waals surface area contributed by atoms with Crippen LogP contribution < -0.4 is 9.47 Å². The summed E-state index contributed by atoms with van der Waals surface area (Å²) >= 11 is 6.01. The van der Waals surface area contributed by atoms with Crippen LogP contribution in [0.4, 0.5) is 0 Å². The van der Waals surface area contributed by atoms with Crippen molar-refractivity contribution in [3.05, 3.63) is 46.9 Å². The molecule has 0 saturated carbocycles. The van der Waals surface area contributed by atoms with Gasteiger partial charge in [0, 0.05) is 12.3 Å². The minimum Gasteiger partial charge on any atom is -0.618 e. The van der Waals surface area contributed by atoms with Gasteiger partial charge in [0.2, 0.25) is 6.20 Å². The SMILES string of the molecule is COc1cc(Cl)c(-c2ccccn2)[n+]([O-])c1. The number of methoxy groups -OCH3 is 1. The topological polar surface area (TPSA) is 49.1 Å². The van der Waals surface area contributed by atoms with Crippen molar-refractivity contribution in [2.75, 3.05) is 7.11 Å². The van der Waals surface area contributed by atoms with E-state index >= 15 is 0 Å². The highest BCUT2D eigenvalue weighted by Crippen LogP contribution is 2.25. The van der Waals surface area contributed by atoms with E-state index in [9.17, 15) is 5.21 Å². The van der Waals surface area contributed by atoms with Crippen LogP contribution in [0.3, 0.4) is 0 Å². The highest BCUT2D eigenvalue weighted by molar-refractivity contribution is 6.32. The van der Waals surface area contributed by atoms with Gasteiger partial charge in [-0.25, -0.2) is 4.98 Å². The number of hydrogen-bond acceptors (Lipinski definition) is 3. The van der Waals surface area contributed by atoms with Crippen molar-refractivity contribution in [3.63, 3.8) is 0 Å². The Morgan fingerprint density at radius 1 is 1.44 bits per heavy atom. The molecule has 5 heteroatoms. The summed E-state index contributed by atoms with van der Waals surface area (Å²) in [6.07, 6.45) is 2.92. The van der Waals surface area contributed by atoms with Crippen molar-refractivity contribution < 1.29 is 9.47 Å². The Labute approximate surface area is 97.7 Å². The molecule has 2 aromatic heterocycles. The maximum atomic E-state index is 11.7. The van der Waals surface area contributed by atoms with Crippen molar-refractivity contribution in [2.24, 2.45) is 0 Å². The van der Waals surface area contributed by atoms with Gasteiger partial charge in [-0.3, -0.25) is 0 Å². The Hall–Kier alpha value is -1.81. The number of hydrogen-bond donors (Lipinski definition) is 0. The first-order chi connectivity index (χ1) is 7.72. The first kappa shape index (κ1) is 10.7. The van der Waals surface area contributed by atoms with Gasteiger partial charge in [0.25, 0.3) is 5.69 Å². The van der Waals surface area contributed by atoms with Crippen LogP contribution >= 0.6 is 11.6 Å².